The molecule has 1 aromatic heterocycles. The van der Waals surface area contributed by atoms with Gasteiger partial charge < -0.3 is 4.79 Å². The zero-order valence-electron chi connectivity index (χ0n) is 7.91. The first-order valence-corrected chi connectivity index (χ1v) is 5.42. The van der Waals surface area contributed by atoms with Crippen molar-refractivity contribution in [3.05, 3.63) is 16.1 Å². The van der Waals surface area contributed by atoms with E-state index in [-0.39, 0.29) is 5.41 Å². The lowest BCUT2D eigenvalue weighted by Gasteiger charge is -2.00. The molecule has 0 aromatic carbocycles. The van der Waals surface area contributed by atoms with E-state index in [2.05, 4.69) is 18.8 Å². The van der Waals surface area contributed by atoms with Crippen LogP contribution in [-0.2, 0) is 10.2 Å². The highest BCUT2D eigenvalue weighted by molar-refractivity contribution is 7.12. The molecule has 1 aromatic rings. The van der Waals surface area contributed by atoms with Crippen molar-refractivity contribution in [1.82, 2.24) is 4.98 Å². The third-order valence-electron chi connectivity index (χ3n) is 2.52. The third-order valence-corrected chi connectivity index (χ3v) is 4.04. The summed E-state index contributed by atoms with van der Waals surface area (Å²) in [4.78, 5) is 16.3. The van der Waals surface area contributed by atoms with Crippen LogP contribution in [0.3, 0.4) is 0 Å². The molecule has 1 saturated carbocycles. The van der Waals surface area contributed by atoms with Crippen molar-refractivity contribution < 1.29 is 4.79 Å². The molecule has 0 unspecified atom stereocenters. The molecule has 13 heavy (non-hydrogen) atoms. The Kier molecular flexibility index (Phi) is 1.99. The quantitative estimate of drug-likeness (QED) is 0.694. The molecule has 1 aliphatic carbocycles. The highest BCUT2D eigenvalue weighted by Crippen LogP contribution is 2.48. The number of aldehydes is 1. The third kappa shape index (κ3) is 1.41. The first-order chi connectivity index (χ1) is 6.18. The Morgan fingerprint density at radius 2 is 2.31 bits per heavy atom. The van der Waals surface area contributed by atoms with Crippen LogP contribution in [0.25, 0.3) is 0 Å². The molecular formula is C10H13NOS. The lowest BCUT2D eigenvalue weighted by Crippen LogP contribution is -2.04. The number of carbonyl (C=O) groups is 1. The molecule has 70 valence electrons. The van der Waals surface area contributed by atoms with E-state index in [4.69, 9.17) is 0 Å². The normalized spacial score (nSPS) is 19.0. The fourth-order valence-electron chi connectivity index (χ4n) is 1.34. The maximum atomic E-state index is 10.8. The highest BCUT2D eigenvalue weighted by atomic mass is 32.1. The summed E-state index contributed by atoms with van der Waals surface area (Å²) in [5.74, 6) is 0.473. The van der Waals surface area contributed by atoms with Crippen molar-refractivity contribution in [2.45, 2.75) is 38.0 Å². The second kappa shape index (κ2) is 2.91. The molecule has 0 atom stereocenters. The second-order valence-electron chi connectivity index (χ2n) is 3.99. The van der Waals surface area contributed by atoms with Crippen molar-refractivity contribution in [3.8, 4) is 0 Å². The summed E-state index contributed by atoms with van der Waals surface area (Å²) in [5, 5.41) is 1.14. The van der Waals surface area contributed by atoms with E-state index in [0.29, 0.717) is 5.92 Å². The predicted molar refractivity (Wildman–Crippen MR) is 53.2 cm³/mol. The molecule has 0 radical (unpaired) electrons. The second-order valence-corrected chi connectivity index (χ2v) is 5.05. The minimum absolute atomic E-state index is 0.134. The molecule has 0 aliphatic heterocycles. The number of nitrogens with zero attached hydrogens (tertiary/aromatic N) is 1. The number of hydrogen-bond donors (Lipinski definition) is 0. The van der Waals surface area contributed by atoms with E-state index in [1.165, 1.54) is 0 Å². The standard InChI is InChI=1S/C10H13NOS/c1-7(2)9-11-5-8(13-9)10(6-12)3-4-10/h5-7H,3-4H2,1-2H3. The van der Waals surface area contributed by atoms with Crippen molar-refractivity contribution in [2.75, 3.05) is 0 Å². The first-order valence-electron chi connectivity index (χ1n) is 4.60. The van der Waals surface area contributed by atoms with Gasteiger partial charge in [-0.2, -0.15) is 0 Å². The van der Waals surface area contributed by atoms with Crippen molar-refractivity contribution in [2.24, 2.45) is 0 Å². The van der Waals surface area contributed by atoms with E-state index in [1.54, 1.807) is 11.3 Å². The van der Waals surface area contributed by atoms with Crippen LogP contribution < -0.4 is 0 Å². The summed E-state index contributed by atoms with van der Waals surface area (Å²) < 4.78 is 0. The molecule has 1 heterocycles. The summed E-state index contributed by atoms with van der Waals surface area (Å²) in [6, 6.07) is 0. The van der Waals surface area contributed by atoms with Gasteiger partial charge in [0, 0.05) is 17.0 Å². The Labute approximate surface area is 82.0 Å². The van der Waals surface area contributed by atoms with E-state index in [9.17, 15) is 4.79 Å². The molecule has 3 heteroatoms. The van der Waals surface area contributed by atoms with Crippen LogP contribution >= 0.6 is 11.3 Å². The monoisotopic (exact) mass is 195 g/mol. The van der Waals surface area contributed by atoms with Gasteiger partial charge in [-0.3, -0.25) is 0 Å². The summed E-state index contributed by atoms with van der Waals surface area (Å²) in [5.41, 5.74) is -0.134. The minimum atomic E-state index is -0.134. The van der Waals surface area contributed by atoms with Gasteiger partial charge in [0.25, 0.3) is 0 Å². The van der Waals surface area contributed by atoms with Gasteiger partial charge in [-0.05, 0) is 12.8 Å². The smallest absolute Gasteiger partial charge is 0.131 e. The molecule has 1 fully saturated rings. The number of hydrogen-bond acceptors (Lipinski definition) is 3. The first kappa shape index (κ1) is 8.88. The van der Waals surface area contributed by atoms with Crippen molar-refractivity contribution in [1.29, 1.82) is 0 Å². The van der Waals surface area contributed by atoms with Crippen LogP contribution in [0.1, 0.15) is 42.5 Å². The van der Waals surface area contributed by atoms with Crippen LogP contribution in [0.5, 0.6) is 0 Å². The van der Waals surface area contributed by atoms with Gasteiger partial charge in [-0.15, -0.1) is 11.3 Å². The molecule has 2 nitrogen and oxygen atoms in total. The number of thiazole rings is 1. The van der Waals surface area contributed by atoms with Crippen LogP contribution in [0.4, 0.5) is 0 Å². The summed E-state index contributed by atoms with van der Waals surface area (Å²) in [7, 11) is 0. The topological polar surface area (TPSA) is 30.0 Å². The molecule has 0 spiro atoms. The van der Waals surface area contributed by atoms with Gasteiger partial charge >= 0.3 is 0 Å². The summed E-state index contributed by atoms with van der Waals surface area (Å²) in [6.07, 6.45) is 4.98. The fourth-order valence-corrected chi connectivity index (χ4v) is 2.47. The maximum absolute atomic E-state index is 10.8. The van der Waals surface area contributed by atoms with Crippen molar-refractivity contribution >= 4 is 17.6 Å². The molecule has 0 bridgehead atoms. The zero-order valence-corrected chi connectivity index (χ0v) is 8.73. The van der Waals surface area contributed by atoms with Gasteiger partial charge in [0.2, 0.25) is 0 Å². The van der Waals surface area contributed by atoms with Gasteiger partial charge in [0.15, 0.2) is 0 Å². The van der Waals surface area contributed by atoms with Crippen molar-refractivity contribution in [3.63, 3.8) is 0 Å². The Morgan fingerprint density at radius 1 is 1.62 bits per heavy atom. The largest absolute Gasteiger partial charge is 0.302 e. The van der Waals surface area contributed by atoms with Gasteiger partial charge in [-0.25, -0.2) is 4.98 Å². The summed E-state index contributed by atoms with van der Waals surface area (Å²) in [6.45, 7) is 4.26. The van der Waals surface area contributed by atoms with E-state index in [0.717, 1.165) is 29.0 Å². The Balaban J connectivity index is 2.27. The zero-order chi connectivity index (χ0) is 9.47. The minimum Gasteiger partial charge on any atom is -0.302 e. The molecule has 0 saturated heterocycles. The average Bonchev–Trinajstić information content (AvgIpc) is 2.75. The predicted octanol–water partition coefficient (Wildman–Crippen LogP) is 2.50. The van der Waals surface area contributed by atoms with E-state index >= 15 is 0 Å². The molecular weight excluding hydrogens is 182 g/mol. The molecule has 1 aliphatic rings. The average molecular weight is 195 g/mol. The molecule has 0 N–H and O–H groups in total. The molecule has 0 amide bonds. The van der Waals surface area contributed by atoms with Crippen LogP contribution in [0.2, 0.25) is 0 Å². The number of carbonyl (C=O) groups excluding carboxylic acids is 1. The van der Waals surface area contributed by atoms with Crippen LogP contribution in [-0.4, -0.2) is 11.3 Å². The van der Waals surface area contributed by atoms with Gasteiger partial charge in [0.1, 0.15) is 6.29 Å². The maximum Gasteiger partial charge on any atom is 0.131 e. The Hall–Kier alpha value is -0.700. The Morgan fingerprint density at radius 3 is 2.69 bits per heavy atom. The molecule has 2 rings (SSSR count). The number of rotatable bonds is 3. The highest BCUT2D eigenvalue weighted by Gasteiger charge is 2.45. The van der Waals surface area contributed by atoms with E-state index in [1.807, 2.05) is 6.20 Å². The van der Waals surface area contributed by atoms with Crippen LogP contribution in [0.15, 0.2) is 6.20 Å². The number of aromatic nitrogens is 1. The summed E-state index contributed by atoms with van der Waals surface area (Å²) >= 11 is 1.69. The van der Waals surface area contributed by atoms with Gasteiger partial charge in [-0.1, -0.05) is 13.8 Å². The van der Waals surface area contributed by atoms with E-state index < -0.39 is 0 Å². The van der Waals surface area contributed by atoms with Crippen LogP contribution in [0, 0.1) is 0 Å². The van der Waals surface area contributed by atoms with Gasteiger partial charge in [0.05, 0.1) is 10.4 Å². The SMILES string of the molecule is CC(C)c1ncc(C2(C=O)CC2)s1. The lowest BCUT2D eigenvalue weighted by atomic mass is 10.1. The Bertz CT molecular complexity index is 325. The lowest BCUT2D eigenvalue weighted by molar-refractivity contribution is -0.109. The fraction of sp³-hybridized carbons (Fsp3) is 0.600.